The molecule has 9 heteroatoms. The molecule has 98 valence electrons. The number of benzene rings is 2. The van der Waals surface area contributed by atoms with Gasteiger partial charge >= 0.3 is 29.6 Å². The summed E-state index contributed by atoms with van der Waals surface area (Å²) in [4.78, 5) is -0.690. The van der Waals surface area contributed by atoms with Crippen molar-refractivity contribution >= 4 is 31.0 Å². The summed E-state index contributed by atoms with van der Waals surface area (Å²) in [5.41, 5.74) is 0. The zero-order valence-corrected chi connectivity index (χ0v) is 13.4. The molecule has 0 radical (unpaired) electrons. The third kappa shape index (κ3) is 3.76. The largest absolute Gasteiger partial charge is 1.00 e. The Labute approximate surface area is 133 Å². The summed E-state index contributed by atoms with van der Waals surface area (Å²) in [6, 6.07) is 7.49. The van der Waals surface area contributed by atoms with E-state index >= 15 is 0 Å². The van der Waals surface area contributed by atoms with Crippen LogP contribution in [0.4, 0.5) is 0 Å². The Bertz CT molecular complexity index is 765. The summed E-state index contributed by atoms with van der Waals surface area (Å²) in [5, 5.41) is 0.857. The van der Waals surface area contributed by atoms with Gasteiger partial charge in [0.05, 0.1) is 9.79 Å². The molecular formula is C10H9NaO6S2. The minimum absolute atomic E-state index is 0. The van der Waals surface area contributed by atoms with Crippen molar-refractivity contribution in [2.24, 2.45) is 0 Å². The van der Waals surface area contributed by atoms with E-state index in [4.69, 9.17) is 9.11 Å². The molecule has 2 aromatic rings. The molecule has 2 aromatic carbocycles. The molecule has 0 amide bonds. The minimum Gasteiger partial charge on any atom is -1.00 e. The molecule has 2 N–H and O–H groups in total. The number of hydrogen-bond donors (Lipinski definition) is 2. The van der Waals surface area contributed by atoms with Crippen molar-refractivity contribution in [3.05, 3.63) is 36.4 Å². The van der Waals surface area contributed by atoms with Crippen molar-refractivity contribution in [3.63, 3.8) is 0 Å². The number of hydrogen-bond acceptors (Lipinski definition) is 4. The maximum absolute atomic E-state index is 10.9. The standard InChI is InChI=1S/C10H8O6S2.Na.H/c11-17(12,13)9-3-1-7-2-4-10(18(14,15)16)6-8(7)5-9;;/h1-6H,(H,11,12,13)(H,14,15,16);;/q;+1;-1. The maximum Gasteiger partial charge on any atom is 1.00 e. The zero-order valence-electron chi connectivity index (χ0n) is 10.8. The van der Waals surface area contributed by atoms with Crippen molar-refractivity contribution in [2.45, 2.75) is 9.79 Å². The molecule has 0 aromatic heterocycles. The van der Waals surface area contributed by atoms with Gasteiger partial charge in [-0.1, -0.05) is 12.1 Å². The van der Waals surface area contributed by atoms with E-state index in [0.29, 0.717) is 5.39 Å². The van der Waals surface area contributed by atoms with Crippen LogP contribution in [0.3, 0.4) is 0 Å². The SMILES string of the molecule is O=S(=O)(O)c1ccc2ccc(S(=O)(=O)O)cc2c1.[H-].[Na+]. The van der Waals surface area contributed by atoms with E-state index in [1.54, 1.807) is 0 Å². The van der Waals surface area contributed by atoms with Gasteiger partial charge in [0, 0.05) is 0 Å². The van der Waals surface area contributed by atoms with Gasteiger partial charge in [0.25, 0.3) is 20.2 Å². The average molecular weight is 312 g/mol. The molecule has 0 atom stereocenters. The first kappa shape index (κ1) is 16.6. The Kier molecular flexibility index (Phi) is 4.79. The fourth-order valence-electron chi connectivity index (χ4n) is 1.52. The third-order valence-corrected chi connectivity index (χ3v) is 4.08. The molecule has 6 nitrogen and oxygen atoms in total. The van der Waals surface area contributed by atoms with Gasteiger partial charge in [0.15, 0.2) is 0 Å². The second kappa shape index (κ2) is 5.49. The molecule has 0 fully saturated rings. The molecule has 0 aliphatic carbocycles. The first-order valence-corrected chi connectivity index (χ1v) is 7.55. The van der Waals surface area contributed by atoms with Crippen LogP contribution in [0.2, 0.25) is 0 Å². The van der Waals surface area contributed by atoms with Crippen molar-refractivity contribution in [1.82, 2.24) is 0 Å². The van der Waals surface area contributed by atoms with Gasteiger partial charge in [-0.15, -0.1) is 0 Å². The van der Waals surface area contributed by atoms with Crippen LogP contribution >= 0.6 is 0 Å². The zero-order chi connectivity index (χ0) is 13.6. The van der Waals surface area contributed by atoms with Crippen molar-refractivity contribution in [3.8, 4) is 0 Å². The third-order valence-electron chi connectivity index (χ3n) is 2.38. The summed E-state index contributed by atoms with van der Waals surface area (Å²) >= 11 is 0. The van der Waals surface area contributed by atoms with Crippen LogP contribution in [0, 0.1) is 0 Å². The first-order chi connectivity index (χ1) is 8.18. The fourth-order valence-corrected chi connectivity index (χ4v) is 2.56. The van der Waals surface area contributed by atoms with E-state index in [-0.39, 0.29) is 46.2 Å². The van der Waals surface area contributed by atoms with Gasteiger partial charge in [0.1, 0.15) is 0 Å². The van der Waals surface area contributed by atoms with E-state index in [1.165, 1.54) is 24.3 Å². The molecule has 0 saturated carbocycles. The van der Waals surface area contributed by atoms with Crippen LogP contribution in [0.5, 0.6) is 0 Å². The van der Waals surface area contributed by atoms with Gasteiger partial charge in [-0.25, -0.2) is 0 Å². The number of fused-ring (bicyclic) bond motifs is 1. The van der Waals surface area contributed by atoms with Crippen molar-refractivity contribution in [1.29, 1.82) is 0 Å². The topological polar surface area (TPSA) is 109 Å². The molecule has 0 heterocycles. The molecule has 0 saturated heterocycles. The van der Waals surface area contributed by atoms with Crippen LogP contribution < -0.4 is 29.6 Å². The Balaban J connectivity index is 0.00000180. The summed E-state index contributed by atoms with van der Waals surface area (Å²) < 4.78 is 61.5. The van der Waals surface area contributed by atoms with E-state index in [0.717, 1.165) is 12.1 Å². The maximum atomic E-state index is 10.9. The summed E-state index contributed by atoms with van der Waals surface area (Å²) in [7, 11) is -8.71. The second-order valence-electron chi connectivity index (χ2n) is 3.62. The van der Waals surface area contributed by atoms with Crippen LogP contribution in [0.1, 0.15) is 1.43 Å². The van der Waals surface area contributed by atoms with Gasteiger partial charge in [0.2, 0.25) is 0 Å². The first-order valence-electron chi connectivity index (χ1n) is 4.67. The van der Waals surface area contributed by atoms with Crippen molar-refractivity contribution < 1.29 is 56.9 Å². The Morgan fingerprint density at radius 3 is 1.42 bits per heavy atom. The Hall–Kier alpha value is -0.480. The minimum atomic E-state index is -4.35. The van der Waals surface area contributed by atoms with E-state index in [9.17, 15) is 16.8 Å². The summed E-state index contributed by atoms with van der Waals surface area (Å²) in [6.07, 6.45) is 0. The van der Waals surface area contributed by atoms with Crippen LogP contribution in [-0.2, 0) is 20.2 Å². The van der Waals surface area contributed by atoms with Gasteiger partial charge in [-0.3, -0.25) is 9.11 Å². The predicted octanol–water partition coefficient (Wildman–Crippen LogP) is -1.55. The summed E-state index contributed by atoms with van der Waals surface area (Å²) in [6.45, 7) is 0. The average Bonchev–Trinajstić information content (AvgIpc) is 2.25. The van der Waals surface area contributed by atoms with Crippen LogP contribution in [0.25, 0.3) is 10.8 Å². The fraction of sp³-hybridized carbons (Fsp3) is 0. The molecule has 0 aliphatic heterocycles. The molecule has 0 unspecified atom stereocenters. The number of rotatable bonds is 2. The Morgan fingerprint density at radius 1 is 0.737 bits per heavy atom. The van der Waals surface area contributed by atoms with Gasteiger partial charge < -0.3 is 1.43 Å². The second-order valence-corrected chi connectivity index (χ2v) is 6.46. The van der Waals surface area contributed by atoms with Crippen molar-refractivity contribution in [2.75, 3.05) is 0 Å². The molecule has 2 rings (SSSR count). The molecule has 0 bridgehead atoms. The molecule has 19 heavy (non-hydrogen) atoms. The quantitative estimate of drug-likeness (QED) is 0.513. The van der Waals surface area contributed by atoms with Gasteiger partial charge in [-0.2, -0.15) is 16.8 Å². The van der Waals surface area contributed by atoms with Crippen LogP contribution in [-0.4, -0.2) is 25.9 Å². The van der Waals surface area contributed by atoms with E-state index in [2.05, 4.69) is 0 Å². The smallest absolute Gasteiger partial charge is 1.00 e. The molecule has 0 aliphatic rings. The van der Waals surface area contributed by atoms with Gasteiger partial charge in [-0.05, 0) is 35.0 Å². The normalized spacial score (nSPS) is 12.1. The summed E-state index contributed by atoms with van der Waals surface area (Å²) in [5.74, 6) is 0. The molecule has 0 spiro atoms. The monoisotopic (exact) mass is 312 g/mol. The Morgan fingerprint density at radius 2 is 1.11 bits per heavy atom. The predicted molar refractivity (Wildman–Crippen MR) is 64.7 cm³/mol. The molecular weight excluding hydrogens is 303 g/mol. The van der Waals surface area contributed by atoms with E-state index in [1.807, 2.05) is 0 Å². The van der Waals surface area contributed by atoms with Crippen LogP contribution in [0.15, 0.2) is 46.2 Å². The van der Waals surface area contributed by atoms with E-state index < -0.39 is 20.2 Å².